The van der Waals surface area contributed by atoms with Crippen molar-refractivity contribution in [3.8, 4) is 0 Å². The van der Waals surface area contributed by atoms with Gasteiger partial charge in [0.2, 0.25) is 11.8 Å². The van der Waals surface area contributed by atoms with E-state index in [9.17, 15) is 9.59 Å². The number of halogens is 1. The Balaban J connectivity index is 0.00000208. The largest absolute Gasteiger partial charge is 0.334 e. The standard InChI is InChI=1S/C18H31N3O2.ClH/c1-13(2)11-16(20-10-4-3-5-17(20)22)18(23)21-14-6-7-15(21)12-19-9-8-14;/h13-16,19H,3-12H2,1-2H3;1H. The normalized spacial score (nSPS) is 28.5. The third-order valence-corrected chi connectivity index (χ3v) is 5.62. The predicted octanol–water partition coefficient (Wildman–Crippen LogP) is 2.19. The second kappa shape index (κ2) is 8.52. The lowest BCUT2D eigenvalue weighted by atomic mass is 9.97. The van der Waals surface area contributed by atoms with Crippen LogP contribution in [0.2, 0.25) is 0 Å². The molecule has 2 amide bonds. The lowest BCUT2D eigenvalue weighted by Gasteiger charge is -2.39. The second-order valence-electron chi connectivity index (χ2n) is 7.81. The number of fused-ring (bicyclic) bond motifs is 2. The van der Waals surface area contributed by atoms with E-state index in [1.54, 1.807) is 0 Å². The SMILES string of the molecule is CC(C)CC(C(=O)N1C2CCNCC1CC2)N1CCCCC1=O.Cl. The Kier molecular flexibility index (Phi) is 6.93. The van der Waals surface area contributed by atoms with E-state index in [4.69, 9.17) is 0 Å². The van der Waals surface area contributed by atoms with Gasteiger partial charge in [0.25, 0.3) is 0 Å². The topological polar surface area (TPSA) is 52.7 Å². The maximum absolute atomic E-state index is 13.4. The molecule has 2 bridgehead atoms. The highest BCUT2D eigenvalue weighted by molar-refractivity contribution is 5.88. The first-order valence-electron chi connectivity index (χ1n) is 9.40. The van der Waals surface area contributed by atoms with Gasteiger partial charge in [0, 0.05) is 31.6 Å². The van der Waals surface area contributed by atoms with E-state index in [1.165, 1.54) is 0 Å². The molecule has 0 aromatic carbocycles. The average Bonchev–Trinajstić information content (AvgIpc) is 2.78. The number of nitrogens with zero attached hydrogens (tertiary/aromatic N) is 2. The van der Waals surface area contributed by atoms with Crippen LogP contribution < -0.4 is 5.32 Å². The van der Waals surface area contributed by atoms with Gasteiger partial charge in [-0.05, 0) is 51.0 Å². The first kappa shape index (κ1) is 19.5. The summed E-state index contributed by atoms with van der Waals surface area (Å²) in [7, 11) is 0. The van der Waals surface area contributed by atoms with Gasteiger partial charge in [0.05, 0.1) is 0 Å². The van der Waals surface area contributed by atoms with Gasteiger partial charge in [-0.3, -0.25) is 9.59 Å². The Morgan fingerprint density at radius 1 is 1.21 bits per heavy atom. The summed E-state index contributed by atoms with van der Waals surface area (Å²) in [5.41, 5.74) is 0. The monoisotopic (exact) mass is 357 g/mol. The Morgan fingerprint density at radius 3 is 2.67 bits per heavy atom. The molecule has 0 saturated carbocycles. The van der Waals surface area contributed by atoms with Crippen molar-refractivity contribution < 1.29 is 9.59 Å². The number of likely N-dealkylation sites (tertiary alicyclic amines) is 1. The number of hydrogen-bond donors (Lipinski definition) is 1. The minimum absolute atomic E-state index is 0. The van der Waals surface area contributed by atoms with Crippen molar-refractivity contribution in [2.24, 2.45) is 5.92 Å². The molecule has 0 radical (unpaired) electrons. The first-order chi connectivity index (χ1) is 11.1. The molecule has 0 aromatic heterocycles. The third kappa shape index (κ3) is 4.05. The smallest absolute Gasteiger partial charge is 0.245 e. The summed E-state index contributed by atoms with van der Waals surface area (Å²) in [6.45, 7) is 6.96. The zero-order chi connectivity index (χ0) is 16.4. The van der Waals surface area contributed by atoms with Gasteiger partial charge in [-0.2, -0.15) is 0 Å². The molecular weight excluding hydrogens is 326 g/mol. The van der Waals surface area contributed by atoms with Crippen molar-refractivity contribution >= 4 is 24.2 Å². The van der Waals surface area contributed by atoms with Crippen LogP contribution in [0, 0.1) is 5.92 Å². The number of piperidine rings is 1. The molecule has 0 aromatic rings. The fraction of sp³-hybridized carbons (Fsp3) is 0.889. The second-order valence-corrected chi connectivity index (χ2v) is 7.81. The summed E-state index contributed by atoms with van der Waals surface area (Å²) < 4.78 is 0. The van der Waals surface area contributed by atoms with E-state index in [2.05, 4.69) is 24.1 Å². The summed E-state index contributed by atoms with van der Waals surface area (Å²) in [4.78, 5) is 29.8. The van der Waals surface area contributed by atoms with Crippen LogP contribution in [0.5, 0.6) is 0 Å². The van der Waals surface area contributed by atoms with E-state index >= 15 is 0 Å². The highest BCUT2D eigenvalue weighted by atomic mass is 35.5. The average molecular weight is 358 g/mol. The highest BCUT2D eigenvalue weighted by Gasteiger charge is 2.43. The van der Waals surface area contributed by atoms with Crippen LogP contribution in [-0.4, -0.2) is 59.4 Å². The fourth-order valence-corrected chi connectivity index (χ4v) is 4.48. The third-order valence-electron chi connectivity index (χ3n) is 5.62. The number of amides is 2. The number of hydrogen-bond acceptors (Lipinski definition) is 3. The van der Waals surface area contributed by atoms with Crippen molar-refractivity contribution in [3.63, 3.8) is 0 Å². The molecule has 5 nitrogen and oxygen atoms in total. The van der Waals surface area contributed by atoms with Crippen molar-refractivity contribution in [3.05, 3.63) is 0 Å². The number of nitrogens with one attached hydrogen (secondary N) is 1. The Bertz CT molecular complexity index is 444. The Hall–Kier alpha value is -0.810. The van der Waals surface area contributed by atoms with E-state index in [0.29, 0.717) is 24.4 Å². The molecule has 138 valence electrons. The van der Waals surface area contributed by atoms with Crippen LogP contribution in [0.25, 0.3) is 0 Å². The molecular formula is C18H32ClN3O2. The molecule has 3 aliphatic rings. The maximum Gasteiger partial charge on any atom is 0.245 e. The minimum Gasteiger partial charge on any atom is -0.334 e. The van der Waals surface area contributed by atoms with Crippen LogP contribution in [0.15, 0.2) is 0 Å². The Labute approximate surface area is 151 Å². The molecule has 3 rings (SSSR count). The molecule has 3 unspecified atom stereocenters. The van der Waals surface area contributed by atoms with Crippen molar-refractivity contribution in [2.75, 3.05) is 19.6 Å². The van der Waals surface area contributed by atoms with Gasteiger partial charge in [-0.1, -0.05) is 13.8 Å². The van der Waals surface area contributed by atoms with E-state index < -0.39 is 0 Å². The summed E-state index contributed by atoms with van der Waals surface area (Å²) in [5, 5.41) is 3.46. The van der Waals surface area contributed by atoms with Crippen molar-refractivity contribution in [1.29, 1.82) is 0 Å². The van der Waals surface area contributed by atoms with Crippen LogP contribution in [-0.2, 0) is 9.59 Å². The zero-order valence-electron chi connectivity index (χ0n) is 15.0. The van der Waals surface area contributed by atoms with Crippen LogP contribution in [0.4, 0.5) is 0 Å². The fourth-order valence-electron chi connectivity index (χ4n) is 4.48. The van der Waals surface area contributed by atoms with Crippen molar-refractivity contribution in [1.82, 2.24) is 15.1 Å². The number of carbonyl (C=O) groups is 2. The minimum atomic E-state index is -0.246. The summed E-state index contributed by atoms with van der Waals surface area (Å²) >= 11 is 0. The lowest BCUT2D eigenvalue weighted by Crippen LogP contribution is -2.55. The molecule has 0 spiro atoms. The summed E-state index contributed by atoms with van der Waals surface area (Å²) in [6, 6.07) is 0.450. The van der Waals surface area contributed by atoms with E-state index in [-0.39, 0.29) is 30.3 Å². The molecule has 0 aliphatic carbocycles. The van der Waals surface area contributed by atoms with Gasteiger partial charge < -0.3 is 15.1 Å². The molecule has 6 heteroatoms. The van der Waals surface area contributed by atoms with E-state index in [0.717, 1.165) is 58.2 Å². The molecule has 3 fully saturated rings. The number of rotatable bonds is 4. The molecule has 3 aliphatic heterocycles. The van der Waals surface area contributed by atoms with Gasteiger partial charge in [-0.25, -0.2) is 0 Å². The van der Waals surface area contributed by atoms with Gasteiger partial charge in [-0.15, -0.1) is 12.4 Å². The number of carbonyl (C=O) groups excluding carboxylic acids is 2. The van der Waals surface area contributed by atoms with Crippen LogP contribution >= 0.6 is 12.4 Å². The van der Waals surface area contributed by atoms with Gasteiger partial charge in [0.15, 0.2) is 0 Å². The van der Waals surface area contributed by atoms with Gasteiger partial charge >= 0.3 is 0 Å². The first-order valence-corrected chi connectivity index (χ1v) is 9.40. The van der Waals surface area contributed by atoms with Crippen molar-refractivity contribution in [2.45, 2.75) is 76.9 Å². The predicted molar refractivity (Wildman–Crippen MR) is 97.2 cm³/mol. The molecule has 3 atom stereocenters. The van der Waals surface area contributed by atoms with Gasteiger partial charge in [0.1, 0.15) is 6.04 Å². The maximum atomic E-state index is 13.4. The molecule has 3 heterocycles. The summed E-state index contributed by atoms with van der Waals surface area (Å²) in [6.07, 6.45) is 6.67. The molecule has 3 saturated heterocycles. The highest BCUT2D eigenvalue weighted by Crippen LogP contribution is 2.31. The molecule has 1 N–H and O–H groups in total. The zero-order valence-corrected chi connectivity index (χ0v) is 15.8. The molecule has 24 heavy (non-hydrogen) atoms. The van der Waals surface area contributed by atoms with E-state index in [1.807, 2.05) is 4.90 Å². The Morgan fingerprint density at radius 2 is 1.96 bits per heavy atom. The summed E-state index contributed by atoms with van der Waals surface area (Å²) in [5.74, 6) is 0.808. The lowest BCUT2D eigenvalue weighted by molar-refractivity contribution is -0.149. The van der Waals surface area contributed by atoms with Crippen LogP contribution in [0.1, 0.15) is 58.8 Å². The van der Waals surface area contributed by atoms with Crippen LogP contribution in [0.3, 0.4) is 0 Å². The quantitative estimate of drug-likeness (QED) is 0.839.